The Kier molecular flexibility index (Phi) is 5.04. The van der Waals surface area contributed by atoms with Gasteiger partial charge in [-0.15, -0.1) is 11.3 Å². The smallest absolute Gasteiger partial charge is 0.228 e. The Labute approximate surface area is 167 Å². The van der Waals surface area contributed by atoms with Crippen molar-refractivity contribution in [2.75, 3.05) is 5.32 Å². The lowest BCUT2D eigenvalue weighted by Gasteiger charge is -2.12. The van der Waals surface area contributed by atoms with Crippen molar-refractivity contribution in [1.82, 2.24) is 14.8 Å². The number of rotatable bonds is 5. The van der Waals surface area contributed by atoms with Gasteiger partial charge in [-0.1, -0.05) is 62.4 Å². The Hall–Kier alpha value is -3.25. The average molecular weight is 388 g/mol. The van der Waals surface area contributed by atoms with Crippen molar-refractivity contribution >= 4 is 23.1 Å². The van der Waals surface area contributed by atoms with Crippen LogP contribution >= 0.6 is 11.3 Å². The van der Waals surface area contributed by atoms with Crippen LogP contribution in [0.2, 0.25) is 0 Å². The van der Waals surface area contributed by atoms with Crippen LogP contribution in [-0.2, 0) is 4.79 Å². The van der Waals surface area contributed by atoms with E-state index in [1.807, 2.05) is 79.9 Å². The van der Waals surface area contributed by atoms with E-state index in [1.165, 1.54) is 11.3 Å². The van der Waals surface area contributed by atoms with Crippen LogP contribution in [0, 0.1) is 5.92 Å². The summed E-state index contributed by atoms with van der Waals surface area (Å²) in [5.74, 6) is 0.445. The molecule has 0 bridgehead atoms. The molecule has 0 unspecified atom stereocenters. The molecular formula is C22H20N4OS. The van der Waals surface area contributed by atoms with Gasteiger partial charge >= 0.3 is 0 Å². The van der Waals surface area contributed by atoms with Gasteiger partial charge in [0.1, 0.15) is 10.8 Å². The molecule has 0 fully saturated rings. The summed E-state index contributed by atoms with van der Waals surface area (Å²) in [6.07, 6.45) is 1.76. The second kappa shape index (κ2) is 7.78. The number of thiazole rings is 1. The van der Waals surface area contributed by atoms with Gasteiger partial charge in [0, 0.05) is 16.9 Å². The van der Waals surface area contributed by atoms with Crippen molar-refractivity contribution in [2.24, 2.45) is 5.92 Å². The molecular weight excluding hydrogens is 368 g/mol. The van der Waals surface area contributed by atoms with Gasteiger partial charge in [-0.2, -0.15) is 5.10 Å². The number of carbonyl (C=O) groups excluding carboxylic acids is 1. The second-order valence-electron chi connectivity index (χ2n) is 6.70. The first kappa shape index (κ1) is 18.1. The normalized spacial score (nSPS) is 11.0. The van der Waals surface area contributed by atoms with Gasteiger partial charge in [-0.05, 0) is 12.1 Å². The van der Waals surface area contributed by atoms with E-state index in [4.69, 9.17) is 4.98 Å². The molecule has 1 N–H and O–H groups in total. The molecule has 140 valence electrons. The number of nitrogens with zero attached hydrogens (tertiary/aromatic N) is 3. The predicted octanol–water partition coefficient (Wildman–Crippen LogP) is 5.26. The van der Waals surface area contributed by atoms with Gasteiger partial charge in [0.25, 0.3) is 0 Å². The molecule has 0 aliphatic rings. The molecule has 0 atom stereocenters. The first-order chi connectivity index (χ1) is 13.6. The highest BCUT2D eigenvalue weighted by molar-refractivity contribution is 7.13. The molecule has 28 heavy (non-hydrogen) atoms. The van der Waals surface area contributed by atoms with Crippen molar-refractivity contribution in [3.63, 3.8) is 0 Å². The van der Waals surface area contributed by atoms with Gasteiger partial charge in [0.05, 0.1) is 23.1 Å². The SMILES string of the molecule is CC(C)C(=O)Nc1c(-c2nc(-c3ccccc3)cs2)cnn1-c1ccccc1. The second-order valence-corrected chi connectivity index (χ2v) is 7.56. The Morgan fingerprint density at radius 1 is 1.04 bits per heavy atom. The number of para-hydroxylation sites is 1. The maximum Gasteiger partial charge on any atom is 0.228 e. The lowest BCUT2D eigenvalue weighted by atomic mass is 10.2. The molecule has 5 nitrogen and oxygen atoms in total. The Morgan fingerprint density at radius 2 is 1.71 bits per heavy atom. The predicted molar refractivity (Wildman–Crippen MR) is 114 cm³/mol. The molecule has 6 heteroatoms. The van der Waals surface area contributed by atoms with Crippen LogP contribution in [0.3, 0.4) is 0 Å². The van der Waals surface area contributed by atoms with E-state index in [2.05, 4.69) is 10.4 Å². The number of benzene rings is 2. The van der Waals surface area contributed by atoms with Gasteiger partial charge in [0.2, 0.25) is 5.91 Å². The first-order valence-corrected chi connectivity index (χ1v) is 9.97. The maximum absolute atomic E-state index is 12.4. The fourth-order valence-corrected chi connectivity index (χ4v) is 3.63. The molecule has 0 aliphatic heterocycles. The highest BCUT2D eigenvalue weighted by Gasteiger charge is 2.20. The molecule has 0 aliphatic carbocycles. The van der Waals surface area contributed by atoms with E-state index in [0.717, 1.165) is 27.5 Å². The molecule has 2 aromatic carbocycles. The largest absolute Gasteiger partial charge is 0.310 e. The quantitative estimate of drug-likeness (QED) is 0.507. The zero-order valence-electron chi connectivity index (χ0n) is 15.7. The number of nitrogens with one attached hydrogen (secondary N) is 1. The fraction of sp³-hybridized carbons (Fsp3) is 0.136. The number of carbonyl (C=O) groups is 1. The highest BCUT2D eigenvalue weighted by atomic mass is 32.1. The molecule has 4 rings (SSSR count). The number of hydrogen-bond acceptors (Lipinski definition) is 4. The minimum atomic E-state index is -0.136. The van der Waals surface area contributed by atoms with Crippen molar-refractivity contribution in [3.8, 4) is 27.5 Å². The molecule has 4 aromatic rings. The van der Waals surface area contributed by atoms with Crippen LogP contribution < -0.4 is 5.32 Å². The fourth-order valence-electron chi connectivity index (χ4n) is 2.79. The van der Waals surface area contributed by atoms with Crippen LogP contribution in [0.5, 0.6) is 0 Å². The lowest BCUT2D eigenvalue weighted by Crippen LogP contribution is -2.20. The summed E-state index contributed by atoms with van der Waals surface area (Å²) in [5, 5.41) is 10.4. The van der Waals surface area contributed by atoms with Crippen molar-refractivity contribution in [2.45, 2.75) is 13.8 Å². The number of anilines is 1. The van der Waals surface area contributed by atoms with Gasteiger partial charge in [-0.25, -0.2) is 9.67 Å². The lowest BCUT2D eigenvalue weighted by molar-refractivity contribution is -0.118. The summed E-state index contributed by atoms with van der Waals surface area (Å²) in [4.78, 5) is 17.2. The minimum Gasteiger partial charge on any atom is -0.310 e. The van der Waals surface area contributed by atoms with Crippen LogP contribution in [0.25, 0.3) is 27.5 Å². The van der Waals surface area contributed by atoms with Crippen LogP contribution in [0.15, 0.2) is 72.2 Å². The summed E-state index contributed by atoms with van der Waals surface area (Å²) in [6.45, 7) is 3.74. The summed E-state index contributed by atoms with van der Waals surface area (Å²) in [7, 11) is 0. The molecule has 2 heterocycles. The summed E-state index contributed by atoms with van der Waals surface area (Å²) in [6, 6.07) is 19.8. The third kappa shape index (κ3) is 3.59. The Balaban J connectivity index is 1.78. The first-order valence-electron chi connectivity index (χ1n) is 9.09. The summed E-state index contributed by atoms with van der Waals surface area (Å²) in [5.41, 5.74) is 3.67. The average Bonchev–Trinajstić information content (AvgIpc) is 3.36. The van der Waals surface area contributed by atoms with Gasteiger partial charge in [0.15, 0.2) is 0 Å². The number of hydrogen-bond donors (Lipinski definition) is 1. The highest BCUT2D eigenvalue weighted by Crippen LogP contribution is 2.34. The Morgan fingerprint density at radius 3 is 2.39 bits per heavy atom. The number of aromatic nitrogens is 3. The van der Waals surface area contributed by atoms with Crippen molar-refractivity contribution < 1.29 is 4.79 Å². The monoisotopic (exact) mass is 388 g/mol. The van der Waals surface area contributed by atoms with Crippen LogP contribution in [0.1, 0.15) is 13.8 Å². The van der Waals surface area contributed by atoms with E-state index >= 15 is 0 Å². The zero-order valence-corrected chi connectivity index (χ0v) is 16.5. The van der Waals surface area contributed by atoms with Crippen molar-refractivity contribution in [1.29, 1.82) is 0 Å². The molecule has 0 saturated carbocycles. The van der Waals surface area contributed by atoms with Crippen LogP contribution in [0.4, 0.5) is 5.82 Å². The molecule has 1 amide bonds. The summed E-state index contributed by atoms with van der Waals surface area (Å²) >= 11 is 1.54. The van der Waals surface area contributed by atoms with Crippen molar-refractivity contribution in [3.05, 3.63) is 72.2 Å². The van der Waals surface area contributed by atoms with E-state index < -0.39 is 0 Å². The Bertz CT molecular complexity index is 1080. The maximum atomic E-state index is 12.4. The van der Waals surface area contributed by atoms with E-state index in [0.29, 0.717) is 5.82 Å². The molecule has 0 radical (unpaired) electrons. The third-order valence-electron chi connectivity index (χ3n) is 4.34. The number of amides is 1. The molecule has 2 aromatic heterocycles. The third-order valence-corrected chi connectivity index (χ3v) is 5.22. The van der Waals surface area contributed by atoms with Crippen LogP contribution in [-0.4, -0.2) is 20.7 Å². The van der Waals surface area contributed by atoms with Gasteiger partial charge < -0.3 is 5.32 Å². The minimum absolute atomic E-state index is 0.0567. The standard InChI is InChI=1S/C22H20N4OS/c1-15(2)21(27)25-20-18(13-23-26(20)17-11-7-4-8-12-17)22-24-19(14-28-22)16-9-5-3-6-10-16/h3-15H,1-2H3,(H,25,27). The topological polar surface area (TPSA) is 59.8 Å². The van der Waals surface area contributed by atoms with Gasteiger partial charge in [-0.3, -0.25) is 4.79 Å². The van der Waals surface area contributed by atoms with E-state index in [9.17, 15) is 4.79 Å². The molecule has 0 saturated heterocycles. The summed E-state index contributed by atoms with van der Waals surface area (Å²) < 4.78 is 1.75. The van der Waals surface area contributed by atoms with E-state index in [-0.39, 0.29) is 11.8 Å². The van der Waals surface area contributed by atoms with E-state index in [1.54, 1.807) is 10.9 Å². The molecule has 0 spiro atoms. The zero-order chi connectivity index (χ0) is 19.5.